The Morgan fingerprint density at radius 3 is 1.78 bits per heavy atom. The Labute approximate surface area is 445 Å². The van der Waals surface area contributed by atoms with E-state index >= 15 is 0 Å². The van der Waals surface area contributed by atoms with E-state index in [1.54, 1.807) is 0 Å². The minimum atomic E-state index is -0.336. The predicted octanol–water partition coefficient (Wildman–Crippen LogP) is 19.5. The Bertz CT molecular complexity index is 4410. The molecule has 3 heteroatoms. The summed E-state index contributed by atoms with van der Waals surface area (Å²) in [5.41, 5.74) is 32.0. The molecular formula is C73H57NO2. The van der Waals surface area contributed by atoms with Crippen molar-refractivity contribution in [2.24, 2.45) is 0 Å². The highest BCUT2D eigenvalue weighted by atomic mass is 16.5. The third-order valence-corrected chi connectivity index (χ3v) is 18.9. The smallest absolute Gasteiger partial charge is 0.144 e. The fraction of sp³-hybridized carbons (Fsp3) is 0.178. The number of nitrogens with zero attached hydrogens (tertiary/aromatic N) is 1. The van der Waals surface area contributed by atoms with Gasteiger partial charge >= 0.3 is 0 Å². The molecule has 3 nitrogen and oxygen atoms in total. The lowest BCUT2D eigenvalue weighted by Gasteiger charge is -2.32. The zero-order chi connectivity index (χ0) is 51.4. The second kappa shape index (κ2) is 14.7. The number of benzene rings is 10. The molecule has 1 aromatic heterocycles. The maximum Gasteiger partial charge on any atom is 0.144 e. The first kappa shape index (κ1) is 43.9. The summed E-state index contributed by atoms with van der Waals surface area (Å²) < 4.78 is 13.3. The second-order valence-corrected chi connectivity index (χ2v) is 24.3. The summed E-state index contributed by atoms with van der Waals surface area (Å²) in [7, 11) is 0. The molecule has 10 aromatic carbocycles. The Morgan fingerprint density at radius 2 is 0.961 bits per heavy atom. The zero-order valence-electron chi connectivity index (χ0n) is 44.4. The van der Waals surface area contributed by atoms with Gasteiger partial charge in [0, 0.05) is 66.2 Å². The van der Waals surface area contributed by atoms with E-state index in [0.29, 0.717) is 6.61 Å². The molecule has 0 N–H and O–H groups in total. The summed E-state index contributed by atoms with van der Waals surface area (Å²) in [6.45, 7) is 20.0. The van der Waals surface area contributed by atoms with Crippen molar-refractivity contribution in [3.8, 4) is 72.5 Å². The van der Waals surface area contributed by atoms with Crippen LogP contribution in [0.4, 0.5) is 17.1 Å². The number of anilines is 3. The average Bonchev–Trinajstić information content (AvgIpc) is 4.19. The van der Waals surface area contributed by atoms with Crippen molar-refractivity contribution in [3.05, 3.63) is 238 Å². The minimum absolute atomic E-state index is 0.174. The number of hydrogen-bond donors (Lipinski definition) is 0. The van der Waals surface area contributed by atoms with Crippen molar-refractivity contribution < 1.29 is 9.15 Å². The van der Waals surface area contributed by atoms with Crippen LogP contribution in [0, 0.1) is 0 Å². The van der Waals surface area contributed by atoms with E-state index in [1.807, 2.05) is 0 Å². The van der Waals surface area contributed by atoms with Gasteiger partial charge in [-0.15, -0.1) is 0 Å². The molecule has 16 rings (SSSR count). The molecule has 0 spiro atoms. The first-order chi connectivity index (χ1) is 36.7. The van der Waals surface area contributed by atoms with Crippen LogP contribution in [0.2, 0.25) is 0 Å². The van der Waals surface area contributed by atoms with E-state index in [4.69, 9.17) is 9.15 Å². The van der Waals surface area contributed by atoms with Crippen LogP contribution in [-0.4, -0.2) is 0 Å². The molecular weight excluding hydrogens is 923 g/mol. The van der Waals surface area contributed by atoms with E-state index in [0.717, 1.165) is 34.0 Å². The molecule has 11 aromatic rings. The van der Waals surface area contributed by atoms with Crippen LogP contribution < -0.4 is 9.64 Å². The summed E-state index contributed by atoms with van der Waals surface area (Å²) in [5.74, 6) is 0.966. The minimum Gasteiger partial charge on any atom is -0.488 e. The van der Waals surface area contributed by atoms with Crippen LogP contribution in [-0.2, 0) is 28.3 Å². The van der Waals surface area contributed by atoms with Crippen molar-refractivity contribution >= 4 is 39.0 Å². The normalized spacial score (nSPS) is 16.4. The van der Waals surface area contributed by atoms with Crippen molar-refractivity contribution in [2.45, 2.75) is 83.7 Å². The molecule has 0 fully saturated rings. The maximum atomic E-state index is 7.03. The lowest BCUT2D eigenvalue weighted by Crippen LogP contribution is -2.24. The van der Waals surface area contributed by atoms with Crippen molar-refractivity contribution in [3.63, 3.8) is 0 Å². The van der Waals surface area contributed by atoms with Crippen LogP contribution in [0.25, 0.3) is 88.7 Å². The van der Waals surface area contributed by atoms with Crippen LogP contribution in [0.5, 0.6) is 5.75 Å². The summed E-state index contributed by atoms with van der Waals surface area (Å²) in [5, 5.41) is 2.39. The molecule has 366 valence electrons. The van der Waals surface area contributed by atoms with Gasteiger partial charge in [0.05, 0.1) is 0 Å². The lowest BCUT2D eigenvalue weighted by atomic mass is 9.72. The Morgan fingerprint density at radius 1 is 0.368 bits per heavy atom. The largest absolute Gasteiger partial charge is 0.488 e. The molecule has 0 atom stereocenters. The lowest BCUT2D eigenvalue weighted by molar-refractivity contribution is 0.302. The standard InChI is InChI=1S/C73H57NO2/c1-70(2)55-34-29-43-40-75-60-27-16-13-24-50(60)62(43)63(55)53-39-58-52(38-59(53)70)47-32-30-45(36-56(47)71(58,3)4)74(44-22-18-21-42(35-44)41-19-10-9-11-20-41)46-31-33-49-57(37-46)73(7,8)67-64(49)65-51-25-14-17-28-61(51)76-69(65)66-48-23-12-15-26-54(48)72(5,6)68(66)67/h9-39H,40H2,1-8H3. The van der Waals surface area contributed by atoms with Gasteiger partial charge in [-0.1, -0.05) is 183 Å². The topological polar surface area (TPSA) is 25.6 Å². The number of rotatable bonds is 4. The SMILES string of the molecule is CC1(C)c2cc(N(c3cccc(-c4ccccc4)c3)c3ccc4c(c3)C(C)(C)c3c5c(c6oc7ccccc7c6c3-4)-c3ccccc3C5(C)C)ccc2-c2cc3c(cc21)-c1c(ccc2c1-c1ccccc1OC2)C3(C)C. The van der Waals surface area contributed by atoms with Gasteiger partial charge in [-0.05, 0) is 161 Å². The average molecular weight is 980 g/mol. The number of furan rings is 1. The molecule has 0 bridgehead atoms. The van der Waals surface area contributed by atoms with Gasteiger partial charge in [0.2, 0.25) is 0 Å². The van der Waals surface area contributed by atoms with E-state index in [2.05, 4.69) is 248 Å². The van der Waals surface area contributed by atoms with Crippen molar-refractivity contribution in [1.29, 1.82) is 0 Å². The van der Waals surface area contributed by atoms with Gasteiger partial charge in [-0.2, -0.15) is 0 Å². The Balaban J connectivity index is 0.888. The van der Waals surface area contributed by atoms with E-state index < -0.39 is 0 Å². The van der Waals surface area contributed by atoms with Gasteiger partial charge in [0.25, 0.3) is 0 Å². The fourth-order valence-electron chi connectivity index (χ4n) is 15.2. The number of ether oxygens (including phenoxy) is 1. The summed E-state index contributed by atoms with van der Waals surface area (Å²) in [6, 6.07) is 70.6. The monoisotopic (exact) mass is 979 g/mol. The van der Waals surface area contributed by atoms with E-state index in [1.165, 1.54) is 128 Å². The second-order valence-electron chi connectivity index (χ2n) is 24.3. The highest BCUT2D eigenvalue weighted by Crippen LogP contribution is 2.65. The molecule has 0 unspecified atom stereocenters. The Kier molecular flexibility index (Phi) is 8.50. The number of para-hydroxylation sites is 2. The van der Waals surface area contributed by atoms with E-state index in [9.17, 15) is 0 Å². The summed E-state index contributed by atoms with van der Waals surface area (Å²) in [4.78, 5) is 2.52. The highest BCUT2D eigenvalue weighted by Gasteiger charge is 2.49. The van der Waals surface area contributed by atoms with Gasteiger partial charge in [-0.25, -0.2) is 0 Å². The molecule has 76 heavy (non-hydrogen) atoms. The van der Waals surface area contributed by atoms with Crippen LogP contribution in [0.1, 0.15) is 105 Å². The molecule has 2 heterocycles. The van der Waals surface area contributed by atoms with Crippen LogP contribution >= 0.6 is 0 Å². The third kappa shape index (κ3) is 5.52. The molecule has 0 saturated heterocycles. The first-order valence-electron chi connectivity index (χ1n) is 27.2. The van der Waals surface area contributed by atoms with Crippen LogP contribution in [0.15, 0.2) is 192 Å². The first-order valence-corrected chi connectivity index (χ1v) is 27.2. The third-order valence-electron chi connectivity index (χ3n) is 18.9. The molecule has 0 saturated carbocycles. The zero-order valence-corrected chi connectivity index (χ0v) is 44.4. The van der Waals surface area contributed by atoms with Gasteiger partial charge in [0.15, 0.2) is 0 Å². The fourth-order valence-corrected chi connectivity index (χ4v) is 15.2. The van der Waals surface area contributed by atoms with Crippen LogP contribution in [0.3, 0.4) is 0 Å². The van der Waals surface area contributed by atoms with Gasteiger partial charge < -0.3 is 14.1 Å². The molecule has 1 aliphatic heterocycles. The quantitative estimate of drug-likeness (QED) is 0.176. The summed E-state index contributed by atoms with van der Waals surface area (Å²) in [6.07, 6.45) is 0. The molecule has 4 aliphatic carbocycles. The number of hydrogen-bond acceptors (Lipinski definition) is 3. The Hall–Kier alpha value is -8.40. The van der Waals surface area contributed by atoms with E-state index in [-0.39, 0.29) is 21.7 Å². The summed E-state index contributed by atoms with van der Waals surface area (Å²) >= 11 is 0. The van der Waals surface area contributed by atoms with Gasteiger partial charge in [-0.3, -0.25) is 0 Å². The maximum absolute atomic E-state index is 7.03. The molecule has 0 amide bonds. The predicted molar refractivity (Wildman–Crippen MR) is 314 cm³/mol. The number of fused-ring (bicyclic) bond motifs is 22. The van der Waals surface area contributed by atoms with Crippen molar-refractivity contribution in [1.82, 2.24) is 0 Å². The molecule has 0 radical (unpaired) electrons. The van der Waals surface area contributed by atoms with Crippen molar-refractivity contribution in [2.75, 3.05) is 4.90 Å². The highest BCUT2D eigenvalue weighted by molar-refractivity contribution is 6.21. The molecule has 5 aliphatic rings. The van der Waals surface area contributed by atoms with Gasteiger partial charge in [0.1, 0.15) is 23.5 Å².